The molecule has 1 atom stereocenters. The molecule has 0 spiro atoms. The van der Waals surface area contributed by atoms with Crippen molar-refractivity contribution in [1.82, 2.24) is 15.1 Å². The van der Waals surface area contributed by atoms with E-state index in [1.165, 1.54) is 23.1 Å². The lowest BCUT2D eigenvalue weighted by Gasteiger charge is -2.08. The number of sulfone groups is 1. The van der Waals surface area contributed by atoms with Crippen LogP contribution in [-0.4, -0.2) is 47.6 Å². The van der Waals surface area contributed by atoms with E-state index < -0.39 is 27.7 Å². The zero-order chi connectivity index (χ0) is 17.3. The molecule has 2 aromatic heterocycles. The fourth-order valence-corrected chi connectivity index (χ4v) is 4.12. The molecule has 1 unspecified atom stereocenters. The van der Waals surface area contributed by atoms with Crippen LogP contribution < -0.4 is 10.6 Å². The number of hydrogen-bond donors (Lipinski definition) is 2. The minimum Gasteiger partial charge on any atom is -0.459 e. The van der Waals surface area contributed by atoms with E-state index >= 15 is 0 Å². The van der Waals surface area contributed by atoms with Gasteiger partial charge in [0.15, 0.2) is 21.3 Å². The molecular weight excluding hydrogens is 336 g/mol. The largest absolute Gasteiger partial charge is 0.459 e. The maximum absolute atomic E-state index is 12.2. The summed E-state index contributed by atoms with van der Waals surface area (Å²) in [5.41, 5.74) is 0.0940. The standard InChI is InChI=1S/C14H16N4O5S/c1-18-12(16-14(20)11-3-2-5-23-11)7-10(17-18)13(19)15-9-4-6-24(21,22)8-9/h2-3,5,7,9H,4,6,8H2,1H3,(H,15,19)(H,16,20). The molecule has 2 N–H and O–H groups in total. The summed E-state index contributed by atoms with van der Waals surface area (Å²) in [5.74, 6) is -0.472. The third-order valence-corrected chi connectivity index (χ3v) is 5.43. The number of amides is 2. The lowest BCUT2D eigenvalue weighted by molar-refractivity contribution is 0.0934. The SMILES string of the molecule is Cn1nc(C(=O)NC2CCS(=O)(=O)C2)cc1NC(=O)c1ccco1. The number of carbonyl (C=O) groups is 2. The maximum Gasteiger partial charge on any atom is 0.292 e. The Balaban J connectivity index is 1.67. The summed E-state index contributed by atoms with van der Waals surface area (Å²) in [5, 5.41) is 9.27. The van der Waals surface area contributed by atoms with E-state index in [1.54, 1.807) is 13.1 Å². The molecule has 1 fully saturated rings. The lowest BCUT2D eigenvalue weighted by Crippen LogP contribution is -2.35. The van der Waals surface area contributed by atoms with Gasteiger partial charge in [0.25, 0.3) is 11.8 Å². The van der Waals surface area contributed by atoms with Crippen molar-refractivity contribution in [2.45, 2.75) is 12.5 Å². The van der Waals surface area contributed by atoms with E-state index in [-0.39, 0.29) is 23.0 Å². The molecule has 0 aliphatic carbocycles. The minimum absolute atomic E-state index is 0.0618. The Labute approximate surface area is 137 Å². The van der Waals surface area contributed by atoms with Crippen LogP contribution in [0.5, 0.6) is 0 Å². The molecule has 9 nitrogen and oxygen atoms in total. The number of nitrogens with one attached hydrogen (secondary N) is 2. The second-order valence-corrected chi connectivity index (χ2v) is 7.77. The highest BCUT2D eigenvalue weighted by molar-refractivity contribution is 7.91. The molecule has 10 heteroatoms. The van der Waals surface area contributed by atoms with Crippen molar-refractivity contribution < 1.29 is 22.4 Å². The summed E-state index contributed by atoms with van der Waals surface area (Å²) in [6.45, 7) is 0. The van der Waals surface area contributed by atoms with Crippen molar-refractivity contribution in [3.05, 3.63) is 35.9 Å². The normalized spacial score (nSPS) is 19.1. The van der Waals surface area contributed by atoms with E-state index in [2.05, 4.69) is 15.7 Å². The zero-order valence-electron chi connectivity index (χ0n) is 12.9. The van der Waals surface area contributed by atoms with Gasteiger partial charge in [-0.15, -0.1) is 0 Å². The van der Waals surface area contributed by atoms with Crippen LogP contribution in [0, 0.1) is 0 Å². The van der Waals surface area contributed by atoms with Gasteiger partial charge in [0.05, 0.1) is 17.8 Å². The van der Waals surface area contributed by atoms with Gasteiger partial charge in [0, 0.05) is 19.2 Å². The first-order valence-electron chi connectivity index (χ1n) is 7.24. The molecule has 0 saturated carbocycles. The van der Waals surface area contributed by atoms with Crippen LogP contribution in [0.4, 0.5) is 5.82 Å². The summed E-state index contributed by atoms with van der Waals surface area (Å²) >= 11 is 0. The Morgan fingerprint density at radius 3 is 2.79 bits per heavy atom. The Kier molecular flexibility index (Phi) is 4.14. The van der Waals surface area contributed by atoms with E-state index in [9.17, 15) is 18.0 Å². The van der Waals surface area contributed by atoms with Crippen LogP contribution in [0.3, 0.4) is 0 Å². The second-order valence-electron chi connectivity index (χ2n) is 5.54. The van der Waals surface area contributed by atoms with Gasteiger partial charge < -0.3 is 15.1 Å². The Morgan fingerprint density at radius 1 is 1.38 bits per heavy atom. The highest BCUT2D eigenvalue weighted by atomic mass is 32.2. The molecule has 3 rings (SSSR count). The minimum atomic E-state index is -3.08. The van der Waals surface area contributed by atoms with Gasteiger partial charge in [0.1, 0.15) is 5.82 Å². The fourth-order valence-electron chi connectivity index (χ4n) is 2.45. The van der Waals surface area contributed by atoms with Gasteiger partial charge >= 0.3 is 0 Å². The summed E-state index contributed by atoms with van der Waals surface area (Å²) in [4.78, 5) is 24.1. The highest BCUT2D eigenvalue weighted by Crippen LogP contribution is 2.14. The average molecular weight is 352 g/mol. The van der Waals surface area contributed by atoms with Crippen LogP contribution in [0.15, 0.2) is 28.9 Å². The second kappa shape index (κ2) is 6.11. The summed E-state index contributed by atoms with van der Waals surface area (Å²) in [7, 11) is -1.50. The quantitative estimate of drug-likeness (QED) is 0.809. The molecule has 1 aliphatic heterocycles. The monoisotopic (exact) mass is 352 g/mol. The van der Waals surface area contributed by atoms with Crippen LogP contribution in [0.2, 0.25) is 0 Å². The van der Waals surface area contributed by atoms with Crippen molar-refractivity contribution in [2.75, 3.05) is 16.8 Å². The van der Waals surface area contributed by atoms with Gasteiger partial charge in [-0.3, -0.25) is 14.3 Å². The molecule has 0 radical (unpaired) electrons. The maximum atomic E-state index is 12.2. The van der Waals surface area contributed by atoms with Gasteiger partial charge in [0.2, 0.25) is 0 Å². The van der Waals surface area contributed by atoms with Crippen LogP contribution >= 0.6 is 0 Å². The van der Waals surface area contributed by atoms with Gasteiger partial charge in [-0.1, -0.05) is 0 Å². The Hall–Kier alpha value is -2.62. The number of carbonyl (C=O) groups excluding carboxylic acids is 2. The van der Waals surface area contributed by atoms with Crippen LogP contribution in [-0.2, 0) is 16.9 Å². The van der Waals surface area contributed by atoms with E-state index in [0.717, 1.165) is 0 Å². The summed E-state index contributed by atoms with van der Waals surface area (Å²) < 4.78 is 29.2. The first-order chi connectivity index (χ1) is 11.3. The highest BCUT2D eigenvalue weighted by Gasteiger charge is 2.29. The lowest BCUT2D eigenvalue weighted by atomic mass is 10.2. The number of nitrogens with zero attached hydrogens (tertiary/aromatic N) is 2. The van der Waals surface area contributed by atoms with E-state index in [4.69, 9.17) is 4.42 Å². The summed E-state index contributed by atoms with van der Waals surface area (Å²) in [6, 6.07) is 4.11. The topological polar surface area (TPSA) is 123 Å². The number of hydrogen-bond acceptors (Lipinski definition) is 6. The third kappa shape index (κ3) is 3.48. The number of furan rings is 1. The smallest absolute Gasteiger partial charge is 0.292 e. The average Bonchev–Trinajstić information content (AvgIpc) is 3.21. The molecule has 128 valence electrons. The van der Waals surface area contributed by atoms with Crippen molar-refractivity contribution in [1.29, 1.82) is 0 Å². The molecule has 1 saturated heterocycles. The molecule has 3 heterocycles. The number of rotatable bonds is 4. The van der Waals surface area contributed by atoms with Crippen molar-refractivity contribution in [2.24, 2.45) is 7.05 Å². The molecular formula is C14H16N4O5S. The number of aryl methyl sites for hydroxylation is 1. The van der Waals surface area contributed by atoms with E-state index in [0.29, 0.717) is 12.2 Å². The predicted octanol–water partition coefficient (Wildman–Crippen LogP) is 0.182. The van der Waals surface area contributed by atoms with Crippen molar-refractivity contribution in [3.63, 3.8) is 0 Å². The Morgan fingerprint density at radius 2 is 2.17 bits per heavy atom. The third-order valence-electron chi connectivity index (χ3n) is 3.67. The van der Waals surface area contributed by atoms with Crippen LogP contribution in [0.25, 0.3) is 0 Å². The fraction of sp³-hybridized carbons (Fsp3) is 0.357. The van der Waals surface area contributed by atoms with E-state index in [1.807, 2.05) is 0 Å². The zero-order valence-corrected chi connectivity index (χ0v) is 13.7. The van der Waals surface area contributed by atoms with Gasteiger partial charge in [-0.25, -0.2) is 8.42 Å². The molecule has 2 amide bonds. The molecule has 1 aliphatic rings. The molecule has 2 aromatic rings. The molecule has 0 aromatic carbocycles. The number of aromatic nitrogens is 2. The van der Waals surface area contributed by atoms with Crippen LogP contribution in [0.1, 0.15) is 27.5 Å². The van der Waals surface area contributed by atoms with Gasteiger partial charge in [-0.05, 0) is 18.6 Å². The first kappa shape index (κ1) is 16.2. The first-order valence-corrected chi connectivity index (χ1v) is 9.06. The van der Waals surface area contributed by atoms with Gasteiger partial charge in [-0.2, -0.15) is 5.10 Å². The number of anilines is 1. The Bertz CT molecular complexity index is 869. The summed E-state index contributed by atoms with van der Waals surface area (Å²) in [6.07, 6.45) is 1.77. The van der Waals surface area contributed by atoms with Crippen molar-refractivity contribution >= 4 is 27.5 Å². The predicted molar refractivity (Wildman–Crippen MR) is 84.4 cm³/mol. The molecule has 0 bridgehead atoms. The molecule has 24 heavy (non-hydrogen) atoms. The van der Waals surface area contributed by atoms with Crippen molar-refractivity contribution in [3.8, 4) is 0 Å².